The molecule has 0 aliphatic carbocycles. The van der Waals surface area contributed by atoms with Gasteiger partial charge in [0, 0.05) is 31.9 Å². The zero-order valence-corrected chi connectivity index (χ0v) is 15.5. The van der Waals surface area contributed by atoms with Crippen molar-refractivity contribution in [3.05, 3.63) is 65.5 Å². The molecule has 1 amide bonds. The van der Waals surface area contributed by atoms with Crippen LogP contribution in [-0.2, 0) is 6.54 Å². The zero-order valence-electron chi connectivity index (χ0n) is 15.5. The van der Waals surface area contributed by atoms with E-state index in [-0.39, 0.29) is 5.91 Å². The molecule has 136 valence electrons. The number of rotatable bonds is 3. The molecule has 2 aliphatic rings. The standard InChI is InChI=1S/C22H27N3O/c1-17-7-6-8-18(13-17)14-24-12-5-3-9-19-15-25(16-21(19)24)22(26)20-10-2-4-11-23-20/h2,4,6-8,10-11,13,19,21H,3,5,9,12,14-16H2,1H3/t19-,21+/m0/s1. The summed E-state index contributed by atoms with van der Waals surface area (Å²) in [7, 11) is 0. The van der Waals surface area contributed by atoms with E-state index in [0.29, 0.717) is 17.7 Å². The Balaban J connectivity index is 1.50. The van der Waals surface area contributed by atoms with Gasteiger partial charge in [-0.15, -0.1) is 0 Å². The molecule has 26 heavy (non-hydrogen) atoms. The van der Waals surface area contributed by atoms with E-state index in [1.54, 1.807) is 6.20 Å². The molecule has 4 heteroatoms. The lowest BCUT2D eigenvalue weighted by Crippen LogP contribution is -2.40. The fraction of sp³-hybridized carbons (Fsp3) is 0.455. The highest BCUT2D eigenvalue weighted by Crippen LogP contribution is 2.31. The maximum atomic E-state index is 12.8. The molecule has 2 saturated heterocycles. The van der Waals surface area contributed by atoms with Crippen LogP contribution in [0, 0.1) is 12.8 Å². The molecule has 0 N–H and O–H groups in total. The number of aryl methyl sites for hydroxylation is 1. The predicted molar refractivity (Wildman–Crippen MR) is 103 cm³/mol. The van der Waals surface area contributed by atoms with Gasteiger partial charge in [-0.05, 0) is 49.9 Å². The van der Waals surface area contributed by atoms with Gasteiger partial charge >= 0.3 is 0 Å². The molecule has 2 aromatic rings. The molecule has 0 spiro atoms. The number of carbonyl (C=O) groups is 1. The second-order valence-corrected chi connectivity index (χ2v) is 7.71. The van der Waals surface area contributed by atoms with E-state index in [4.69, 9.17) is 0 Å². The summed E-state index contributed by atoms with van der Waals surface area (Å²) in [6.07, 6.45) is 5.44. The van der Waals surface area contributed by atoms with Gasteiger partial charge in [0.1, 0.15) is 5.69 Å². The molecule has 2 aliphatic heterocycles. The Morgan fingerprint density at radius 2 is 2.08 bits per heavy atom. The number of hydrogen-bond acceptors (Lipinski definition) is 3. The summed E-state index contributed by atoms with van der Waals surface area (Å²) in [4.78, 5) is 21.7. The monoisotopic (exact) mass is 349 g/mol. The number of likely N-dealkylation sites (tertiary alicyclic amines) is 2. The largest absolute Gasteiger partial charge is 0.335 e. The van der Waals surface area contributed by atoms with Crippen LogP contribution in [-0.4, -0.2) is 46.4 Å². The average Bonchev–Trinajstić information content (AvgIpc) is 3.00. The van der Waals surface area contributed by atoms with E-state index in [0.717, 1.165) is 26.2 Å². The number of carbonyl (C=O) groups excluding carboxylic acids is 1. The number of fused-ring (bicyclic) bond motifs is 1. The summed E-state index contributed by atoms with van der Waals surface area (Å²) in [5, 5.41) is 0. The second kappa shape index (κ2) is 7.58. The van der Waals surface area contributed by atoms with Crippen molar-refractivity contribution in [2.24, 2.45) is 5.92 Å². The topological polar surface area (TPSA) is 36.4 Å². The van der Waals surface area contributed by atoms with Crippen molar-refractivity contribution in [3.8, 4) is 0 Å². The molecule has 0 saturated carbocycles. The molecule has 1 aromatic carbocycles. The van der Waals surface area contributed by atoms with Gasteiger partial charge in [0.05, 0.1) is 0 Å². The molecule has 4 nitrogen and oxygen atoms in total. The van der Waals surface area contributed by atoms with Crippen LogP contribution in [0.1, 0.15) is 40.9 Å². The highest BCUT2D eigenvalue weighted by Gasteiger charge is 2.39. The second-order valence-electron chi connectivity index (χ2n) is 7.71. The van der Waals surface area contributed by atoms with Gasteiger partial charge in [0.25, 0.3) is 5.91 Å². The predicted octanol–water partition coefficient (Wildman–Crippen LogP) is 3.52. The third kappa shape index (κ3) is 3.65. The summed E-state index contributed by atoms with van der Waals surface area (Å²) >= 11 is 0. The van der Waals surface area contributed by atoms with Gasteiger partial charge in [0.2, 0.25) is 0 Å². The Hall–Kier alpha value is -2.20. The van der Waals surface area contributed by atoms with Crippen molar-refractivity contribution in [2.75, 3.05) is 19.6 Å². The third-order valence-electron chi connectivity index (χ3n) is 5.79. The Morgan fingerprint density at radius 3 is 2.88 bits per heavy atom. The van der Waals surface area contributed by atoms with Crippen LogP contribution < -0.4 is 0 Å². The maximum Gasteiger partial charge on any atom is 0.272 e. The molecule has 3 heterocycles. The van der Waals surface area contributed by atoms with Crippen LogP contribution in [0.4, 0.5) is 0 Å². The Morgan fingerprint density at radius 1 is 1.15 bits per heavy atom. The van der Waals surface area contributed by atoms with Crippen LogP contribution in [0.2, 0.25) is 0 Å². The summed E-state index contributed by atoms with van der Waals surface area (Å²) < 4.78 is 0. The minimum atomic E-state index is 0.0779. The number of nitrogens with zero attached hydrogens (tertiary/aromatic N) is 3. The lowest BCUT2D eigenvalue weighted by molar-refractivity contribution is 0.0767. The Kier molecular flexibility index (Phi) is 5.02. The molecule has 0 bridgehead atoms. The van der Waals surface area contributed by atoms with Crippen LogP contribution >= 0.6 is 0 Å². The van der Waals surface area contributed by atoms with Crippen LogP contribution in [0.5, 0.6) is 0 Å². The molecule has 1 aromatic heterocycles. The average molecular weight is 349 g/mol. The van der Waals surface area contributed by atoms with Crippen LogP contribution in [0.3, 0.4) is 0 Å². The van der Waals surface area contributed by atoms with Crippen molar-refractivity contribution in [1.82, 2.24) is 14.8 Å². The molecular weight excluding hydrogens is 322 g/mol. The van der Waals surface area contributed by atoms with E-state index in [9.17, 15) is 4.79 Å². The molecule has 4 rings (SSSR count). The zero-order chi connectivity index (χ0) is 17.9. The highest BCUT2D eigenvalue weighted by atomic mass is 16.2. The normalized spacial score (nSPS) is 23.5. The van der Waals surface area contributed by atoms with E-state index >= 15 is 0 Å². The minimum absolute atomic E-state index is 0.0779. The fourth-order valence-electron chi connectivity index (χ4n) is 4.50. The minimum Gasteiger partial charge on any atom is -0.335 e. The first kappa shape index (κ1) is 17.2. The molecule has 2 fully saturated rings. The third-order valence-corrected chi connectivity index (χ3v) is 5.79. The molecular formula is C22H27N3O. The van der Waals surface area contributed by atoms with E-state index in [1.165, 1.54) is 30.4 Å². The number of aromatic nitrogens is 1. The summed E-state index contributed by atoms with van der Waals surface area (Å²) in [6.45, 7) is 5.95. The molecule has 0 radical (unpaired) electrons. The Bertz CT molecular complexity index is 761. The smallest absolute Gasteiger partial charge is 0.272 e. The van der Waals surface area contributed by atoms with Gasteiger partial charge < -0.3 is 4.90 Å². The van der Waals surface area contributed by atoms with Crippen LogP contribution in [0.15, 0.2) is 48.7 Å². The quantitative estimate of drug-likeness (QED) is 0.851. The van der Waals surface area contributed by atoms with Crippen molar-refractivity contribution < 1.29 is 4.79 Å². The van der Waals surface area contributed by atoms with Gasteiger partial charge in [-0.25, -0.2) is 0 Å². The van der Waals surface area contributed by atoms with Gasteiger partial charge in [-0.3, -0.25) is 14.7 Å². The number of pyridine rings is 1. The first-order valence-corrected chi connectivity index (χ1v) is 9.70. The van der Waals surface area contributed by atoms with E-state index in [2.05, 4.69) is 41.1 Å². The lowest BCUT2D eigenvalue weighted by Gasteiger charge is -2.30. The maximum absolute atomic E-state index is 12.8. The summed E-state index contributed by atoms with van der Waals surface area (Å²) in [5.41, 5.74) is 3.25. The lowest BCUT2D eigenvalue weighted by atomic mass is 9.98. The van der Waals surface area contributed by atoms with Crippen LogP contribution in [0.25, 0.3) is 0 Å². The first-order chi connectivity index (χ1) is 12.7. The van der Waals surface area contributed by atoms with E-state index < -0.39 is 0 Å². The highest BCUT2D eigenvalue weighted by molar-refractivity contribution is 5.92. The SMILES string of the molecule is Cc1cccc(CN2CCCC[C@H]3CN(C(=O)c4ccccn4)C[C@H]32)c1. The van der Waals surface area contributed by atoms with Crippen molar-refractivity contribution in [1.29, 1.82) is 0 Å². The molecule has 0 unspecified atom stereocenters. The number of benzene rings is 1. The van der Waals surface area contributed by atoms with Gasteiger partial charge in [-0.2, -0.15) is 0 Å². The van der Waals surface area contributed by atoms with Gasteiger partial charge in [-0.1, -0.05) is 42.3 Å². The van der Waals surface area contributed by atoms with Crippen molar-refractivity contribution >= 4 is 5.91 Å². The van der Waals surface area contributed by atoms with Crippen molar-refractivity contribution in [3.63, 3.8) is 0 Å². The van der Waals surface area contributed by atoms with E-state index in [1.807, 2.05) is 23.1 Å². The number of hydrogen-bond donors (Lipinski definition) is 0. The summed E-state index contributed by atoms with van der Waals surface area (Å²) in [5.74, 6) is 0.657. The fourth-order valence-corrected chi connectivity index (χ4v) is 4.50. The van der Waals surface area contributed by atoms with Crippen molar-refractivity contribution in [2.45, 2.75) is 38.8 Å². The van der Waals surface area contributed by atoms with Gasteiger partial charge in [0.15, 0.2) is 0 Å². The molecule has 2 atom stereocenters. The number of amides is 1. The summed E-state index contributed by atoms with van der Waals surface area (Å²) in [6, 6.07) is 14.8. The Labute approximate surface area is 155 Å². The first-order valence-electron chi connectivity index (χ1n) is 9.70.